The molecule has 5 aliphatic rings. The molecule has 0 radical (unpaired) electrons. The zero-order valence-corrected chi connectivity index (χ0v) is 43.1. The quantitative estimate of drug-likeness (QED) is 0.0950. The second kappa shape index (κ2) is 24.1. The number of hydrogen-bond donors (Lipinski definition) is 4. The first kappa shape index (κ1) is 54.3. The number of carbonyl (C=O) groups is 1. The van der Waals surface area contributed by atoms with Crippen LogP contribution in [0.5, 0.6) is 11.5 Å². The maximum Gasteiger partial charge on any atom is 0.503 e. The predicted molar refractivity (Wildman–Crippen MR) is 265 cm³/mol. The SMILES string of the molecule is C[N+]1=C2N(CCCc3cc(C(C)(C)C)cc(C=NC4CCCCC4N=Cc4cc(C(C)(C)C)cc(CCCN5CCCN6CCC[N+](C)=C56)c4O)c3O)CCCN2CCC1.O=C(O)O.[CH3-].[Cr]. The van der Waals surface area contributed by atoms with E-state index in [2.05, 4.69) is 109 Å². The molecule has 2 saturated heterocycles. The average Bonchev–Trinajstić information content (AvgIpc) is 3.23. The van der Waals surface area contributed by atoms with Crippen LogP contribution >= 0.6 is 0 Å². The fourth-order valence-corrected chi connectivity index (χ4v) is 10.3. The summed E-state index contributed by atoms with van der Waals surface area (Å²) in [6.07, 6.45) is 14.7. The van der Waals surface area contributed by atoms with E-state index in [9.17, 15) is 10.2 Å². The van der Waals surface area contributed by atoms with Crippen molar-refractivity contribution in [2.45, 2.75) is 142 Å². The van der Waals surface area contributed by atoms with Gasteiger partial charge < -0.3 is 27.9 Å². The first-order chi connectivity index (χ1) is 30.4. The molecule has 4 aliphatic heterocycles. The Labute approximate surface area is 407 Å². The Morgan fingerprint density at radius 2 is 1.00 bits per heavy atom. The number of nitrogens with zero attached hydrogens (tertiary/aromatic N) is 8. The second-order valence-corrected chi connectivity index (χ2v) is 20.9. The minimum atomic E-state index is -1.83. The zero-order valence-electron chi connectivity index (χ0n) is 41.9. The molecule has 0 spiro atoms. The molecule has 2 aromatic carbocycles. The summed E-state index contributed by atoms with van der Waals surface area (Å²) >= 11 is 0. The molecule has 7 rings (SSSR count). The number of aromatic hydroxyl groups is 2. The summed E-state index contributed by atoms with van der Waals surface area (Å²) in [5.74, 6) is 3.51. The molecule has 4 heterocycles. The summed E-state index contributed by atoms with van der Waals surface area (Å²) < 4.78 is 4.86. The van der Waals surface area contributed by atoms with Gasteiger partial charge in [-0.3, -0.25) is 38.7 Å². The van der Waals surface area contributed by atoms with E-state index in [1.54, 1.807) is 0 Å². The van der Waals surface area contributed by atoms with E-state index >= 15 is 0 Å². The van der Waals surface area contributed by atoms with Crippen LogP contribution in [0, 0.1) is 7.43 Å². The van der Waals surface area contributed by atoms with Gasteiger partial charge in [0.1, 0.15) is 11.5 Å². The van der Waals surface area contributed by atoms with Crippen LogP contribution in [-0.2, 0) is 41.0 Å². The van der Waals surface area contributed by atoms with Gasteiger partial charge in [0.15, 0.2) is 0 Å². The van der Waals surface area contributed by atoms with Crippen molar-refractivity contribution in [1.82, 2.24) is 19.6 Å². The van der Waals surface area contributed by atoms with Gasteiger partial charge in [-0.05, 0) is 83.7 Å². The number of carboxylic acid groups (broad SMARTS) is 2. The first-order valence-electron chi connectivity index (χ1n) is 24.3. The molecular formula is C52H83CrN8O5+. The fourth-order valence-electron chi connectivity index (χ4n) is 10.3. The summed E-state index contributed by atoms with van der Waals surface area (Å²) in [4.78, 5) is 29.2. The number of guanidine groups is 2. The molecule has 366 valence electrons. The van der Waals surface area contributed by atoms with Gasteiger partial charge in [-0.2, -0.15) is 0 Å². The van der Waals surface area contributed by atoms with Crippen LogP contribution in [0.2, 0.25) is 0 Å². The topological polar surface area (TPSA) is 142 Å². The van der Waals surface area contributed by atoms with Gasteiger partial charge in [-0.25, -0.2) is 4.79 Å². The molecule has 4 N–H and O–H groups in total. The van der Waals surface area contributed by atoms with Gasteiger partial charge in [-0.15, -0.1) is 0 Å². The Hall–Kier alpha value is -4.28. The number of hydrogen-bond acceptors (Lipinski definition) is 9. The molecule has 14 heteroatoms. The Morgan fingerprint density at radius 3 is 1.36 bits per heavy atom. The summed E-state index contributed by atoms with van der Waals surface area (Å²) in [6.45, 7) is 24.6. The number of phenols is 2. The molecule has 0 aromatic heterocycles. The van der Waals surface area contributed by atoms with Crippen LogP contribution in [-0.4, -0.2) is 171 Å². The van der Waals surface area contributed by atoms with E-state index in [0.29, 0.717) is 11.5 Å². The molecule has 2 unspecified atom stereocenters. The van der Waals surface area contributed by atoms with Crippen molar-refractivity contribution in [3.8, 4) is 11.5 Å². The van der Waals surface area contributed by atoms with E-state index in [1.807, 2.05) is 12.4 Å². The van der Waals surface area contributed by atoms with Crippen LogP contribution in [0.25, 0.3) is 0 Å². The molecule has 2 atom stereocenters. The first-order valence-corrected chi connectivity index (χ1v) is 24.3. The van der Waals surface area contributed by atoms with Crippen LogP contribution in [0.15, 0.2) is 34.3 Å². The van der Waals surface area contributed by atoms with Crippen molar-refractivity contribution >= 4 is 30.5 Å². The standard InChI is InChI=1S/C50H76N8O2.CH2O3.CH3.Cr/c1-49(2,3)41-31-37(17-11-23-55-27-15-29-57-25-13-21-53(7)47(55)57)45(59)39(33-41)35-51-43-19-9-10-20-44(43)52-36-40-34-42(50(4,5)6)32-38(46(40)60)18-12-24-56-28-16-30-58-26-14-22-54(8)48(56)58;2-1(3)4;;/h31-36,43-44H,9-30H2,1-8H3;(H2,2,3,4);1H3;/q;;-1;/p+2. The minimum Gasteiger partial charge on any atom is -0.507 e. The maximum absolute atomic E-state index is 11.7. The van der Waals surface area contributed by atoms with Crippen LogP contribution in [0.1, 0.15) is 139 Å². The van der Waals surface area contributed by atoms with Gasteiger partial charge in [0.2, 0.25) is 0 Å². The van der Waals surface area contributed by atoms with E-state index in [1.165, 1.54) is 48.7 Å². The number of fused-ring (bicyclic) bond motifs is 2. The van der Waals surface area contributed by atoms with Crippen molar-refractivity contribution < 1.29 is 51.7 Å². The summed E-state index contributed by atoms with van der Waals surface area (Å²) in [5.41, 5.74) is 5.98. The van der Waals surface area contributed by atoms with Crippen molar-refractivity contribution in [3.63, 3.8) is 0 Å². The molecule has 66 heavy (non-hydrogen) atoms. The van der Waals surface area contributed by atoms with E-state index in [-0.39, 0.29) is 47.7 Å². The third-order valence-corrected chi connectivity index (χ3v) is 13.8. The molecule has 1 saturated carbocycles. The van der Waals surface area contributed by atoms with Crippen molar-refractivity contribution in [3.05, 3.63) is 65.1 Å². The molecule has 3 fully saturated rings. The Bertz CT molecular complexity index is 1930. The number of benzene rings is 2. The van der Waals surface area contributed by atoms with Crippen molar-refractivity contribution in [2.24, 2.45) is 9.98 Å². The second-order valence-electron chi connectivity index (χ2n) is 20.9. The van der Waals surface area contributed by atoms with E-state index in [0.717, 1.165) is 139 Å². The van der Waals surface area contributed by atoms with Gasteiger partial charge >= 0.3 is 18.1 Å². The monoisotopic (exact) mass is 952 g/mol. The minimum absolute atomic E-state index is 0. The fraction of sp³-hybridized carbons (Fsp3) is 0.654. The zero-order chi connectivity index (χ0) is 46.2. The number of aliphatic imine (C=N–C) groups is 2. The molecule has 0 bridgehead atoms. The van der Waals surface area contributed by atoms with E-state index in [4.69, 9.17) is 25.0 Å². The van der Waals surface area contributed by atoms with Crippen LogP contribution in [0.4, 0.5) is 4.79 Å². The molecular weight excluding hydrogens is 869 g/mol. The van der Waals surface area contributed by atoms with Crippen molar-refractivity contribution in [2.75, 3.05) is 79.5 Å². The summed E-state index contributed by atoms with van der Waals surface area (Å²) in [6, 6.07) is 8.78. The summed E-state index contributed by atoms with van der Waals surface area (Å²) in [7, 11) is 4.46. The predicted octanol–water partition coefficient (Wildman–Crippen LogP) is 7.90. The molecule has 0 amide bonds. The molecule has 13 nitrogen and oxygen atoms in total. The molecule has 2 aromatic rings. The Balaban J connectivity index is 0.00000152. The largest absolute Gasteiger partial charge is 0.507 e. The normalized spacial score (nSPS) is 20.4. The smallest absolute Gasteiger partial charge is 0.503 e. The van der Waals surface area contributed by atoms with Gasteiger partial charge in [-0.1, -0.05) is 66.5 Å². The number of aryl methyl sites for hydroxylation is 2. The maximum atomic E-state index is 11.7. The number of phenolic OH excluding ortho intramolecular Hbond substituents is 2. The average molecular weight is 952 g/mol. The van der Waals surface area contributed by atoms with Crippen LogP contribution < -0.4 is 0 Å². The third-order valence-electron chi connectivity index (χ3n) is 13.8. The van der Waals surface area contributed by atoms with E-state index < -0.39 is 6.16 Å². The Morgan fingerprint density at radius 1 is 0.636 bits per heavy atom. The summed E-state index contributed by atoms with van der Waals surface area (Å²) in [5, 5.41) is 37.4. The van der Waals surface area contributed by atoms with Gasteiger partial charge in [0.05, 0.1) is 91.6 Å². The Kier molecular flexibility index (Phi) is 19.9. The number of rotatable bonds is 12. The van der Waals surface area contributed by atoms with Crippen LogP contribution in [0.3, 0.4) is 0 Å². The van der Waals surface area contributed by atoms with Gasteiger partial charge in [0.25, 0.3) is 0 Å². The molecule has 1 aliphatic carbocycles. The van der Waals surface area contributed by atoms with Gasteiger partial charge in [0, 0.05) is 66.6 Å². The third kappa shape index (κ3) is 14.1. The van der Waals surface area contributed by atoms with Crippen molar-refractivity contribution in [1.29, 1.82) is 0 Å².